The van der Waals surface area contributed by atoms with E-state index in [1.165, 1.54) is 0 Å². The molecule has 119 valence electrons. The predicted octanol–water partition coefficient (Wildman–Crippen LogP) is 4.49. The fourth-order valence-electron chi connectivity index (χ4n) is 2.67. The van der Waals surface area contributed by atoms with E-state index in [4.69, 9.17) is 21.1 Å². The lowest BCUT2D eigenvalue weighted by Crippen LogP contribution is -2.08. The van der Waals surface area contributed by atoms with Gasteiger partial charge in [0.1, 0.15) is 11.5 Å². The molecule has 3 radical (unpaired) electrons. The minimum atomic E-state index is 0.702. The Bertz CT molecular complexity index is 770. The summed E-state index contributed by atoms with van der Waals surface area (Å²) in [5, 5.41) is 1.68. The number of rotatable bonds is 4. The minimum Gasteiger partial charge on any atom is -0.497 e. The molecule has 0 amide bonds. The molecule has 0 aliphatic heterocycles. The summed E-state index contributed by atoms with van der Waals surface area (Å²) in [6, 6.07) is 19.7. The van der Waals surface area contributed by atoms with E-state index in [1.54, 1.807) is 14.2 Å². The number of methoxy groups -OCH3 is 2. The zero-order valence-corrected chi connectivity index (χ0v) is 15.2. The highest BCUT2D eigenvalue weighted by Gasteiger charge is 2.14. The topological polar surface area (TPSA) is 18.5 Å². The summed E-state index contributed by atoms with van der Waals surface area (Å²) in [6.07, 6.45) is 0. The Morgan fingerprint density at radius 1 is 0.667 bits per heavy atom. The van der Waals surface area contributed by atoms with Gasteiger partial charge in [-0.05, 0) is 47.0 Å². The van der Waals surface area contributed by atoms with E-state index in [9.17, 15) is 0 Å². The van der Waals surface area contributed by atoms with Crippen LogP contribution >= 0.6 is 11.6 Å². The number of ether oxygens (including phenoxy) is 2. The lowest BCUT2D eigenvalue weighted by atomic mass is 9.94. The summed E-state index contributed by atoms with van der Waals surface area (Å²) in [6.45, 7) is 0. The fourth-order valence-corrected chi connectivity index (χ4v) is 3.29. The monoisotopic (exact) mass is 351 g/mol. The summed E-state index contributed by atoms with van der Waals surface area (Å²) < 4.78 is 10.5. The van der Waals surface area contributed by atoms with Gasteiger partial charge < -0.3 is 9.47 Å². The normalized spacial score (nSPS) is 10.5. The van der Waals surface area contributed by atoms with Crippen LogP contribution in [0.5, 0.6) is 11.5 Å². The van der Waals surface area contributed by atoms with Crippen molar-refractivity contribution in [2.75, 3.05) is 14.2 Å². The van der Waals surface area contributed by atoms with E-state index in [-0.39, 0.29) is 0 Å². The van der Waals surface area contributed by atoms with E-state index < -0.39 is 0 Å². The van der Waals surface area contributed by atoms with Crippen molar-refractivity contribution in [3.63, 3.8) is 0 Å². The Kier molecular flexibility index (Phi) is 4.93. The van der Waals surface area contributed by atoms with Crippen LogP contribution in [-0.4, -0.2) is 24.5 Å². The van der Waals surface area contributed by atoms with E-state index >= 15 is 0 Å². The van der Waals surface area contributed by atoms with Gasteiger partial charge in [-0.1, -0.05) is 47.1 Å². The zero-order chi connectivity index (χ0) is 17.1. The van der Waals surface area contributed by atoms with Crippen molar-refractivity contribution in [1.29, 1.82) is 0 Å². The van der Waals surface area contributed by atoms with Crippen molar-refractivity contribution in [3.05, 3.63) is 65.7 Å². The number of hydrogen-bond donors (Lipinski definition) is 0. The average molecular weight is 352 g/mol. The summed E-state index contributed by atoms with van der Waals surface area (Å²) in [5.41, 5.74) is 4.13. The molecule has 0 N–H and O–H groups in total. The van der Waals surface area contributed by atoms with Crippen LogP contribution in [0.2, 0.25) is 5.02 Å². The van der Waals surface area contributed by atoms with E-state index in [1.807, 2.05) is 60.7 Å². The maximum atomic E-state index is 6.54. The lowest BCUT2D eigenvalue weighted by Gasteiger charge is -2.16. The summed E-state index contributed by atoms with van der Waals surface area (Å²) in [5.74, 6) is 1.64. The van der Waals surface area contributed by atoms with Gasteiger partial charge in [0.2, 0.25) is 0 Å². The lowest BCUT2D eigenvalue weighted by molar-refractivity contribution is 0.414. The Morgan fingerprint density at radius 3 is 1.58 bits per heavy atom. The first-order valence-corrected chi connectivity index (χ1v) is 8.35. The molecule has 4 heteroatoms. The molecular weight excluding hydrogens is 336 g/mol. The maximum Gasteiger partial charge on any atom is 0.118 e. The second-order valence-corrected chi connectivity index (χ2v) is 6.25. The van der Waals surface area contributed by atoms with Crippen LogP contribution in [0.1, 0.15) is 0 Å². The molecule has 3 aromatic rings. The third kappa shape index (κ3) is 3.18. The molecule has 0 aliphatic rings. The zero-order valence-electron chi connectivity index (χ0n) is 13.5. The largest absolute Gasteiger partial charge is 0.497 e. The molecule has 0 unspecified atom stereocenters. The van der Waals surface area contributed by atoms with Gasteiger partial charge in [0.15, 0.2) is 0 Å². The van der Waals surface area contributed by atoms with Crippen LogP contribution in [0.25, 0.3) is 22.3 Å². The highest BCUT2D eigenvalue weighted by Crippen LogP contribution is 2.37. The van der Waals surface area contributed by atoms with Crippen LogP contribution < -0.4 is 14.7 Å². The van der Waals surface area contributed by atoms with Crippen molar-refractivity contribution < 1.29 is 9.47 Å². The minimum absolute atomic E-state index is 0.702. The molecule has 3 rings (SSSR count). The Balaban J connectivity index is 2.19. The first-order chi connectivity index (χ1) is 11.6. The molecular formula is C20H16ClO2Si. The molecule has 0 spiro atoms. The Morgan fingerprint density at radius 2 is 1.12 bits per heavy atom. The third-order valence-corrected chi connectivity index (χ3v) is 4.64. The molecule has 0 fully saturated rings. The molecule has 0 heterocycles. The maximum absolute atomic E-state index is 6.54. The van der Waals surface area contributed by atoms with Crippen molar-refractivity contribution >= 4 is 27.0 Å². The molecule has 0 atom stereocenters. The molecule has 0 bridgehead atoms. The van der Waals surface area contributed by atoms with E-state index in [2.05, 4.69) is 10.2 Å². The van der Waals surface area contributed by atoms with Crippen molar-refractivity contribution in [2.45, 2.75) is 0 Å². The first-order valence-electron chi connectivity index (χ1n) is 7.47. The van der Waals surface area contributed by atoms with Gasteiger partial charge in [0.05, 0.1) is 24.5 Å². The van der Waals surface area contributed by atoms with Gasteiger partial charge in [0, 0.05) is 10.6 Å². The van der Waals surface area contributed by atoms with Crippen LogP contribution in [0.3, 0.4) is 0 Å². The van der Waals surface area contributed by atoms with Gasteiger partial charge in [-0.3, -0.25) is 0 Å². The molecule has 2 nitrogen and oxygen atoms in total. The van der Waals surface area contributed by atoms with E-state index in [0.717, 1.165) is 38.9 Å². The van der Waals surface area contributed by atoms with Crippen LogP contribution in [-0.2, 0) is 0 Å². The summed E-state index contributed by atoms with van der Waals surface area (Å²) >= 11 is 6.54. The Labute approximate surface area is 150 Å². The predicted molar refractivity (Wildman–Crippen MR) is 101 cm³/mol. The summed E-state index contributed by atoms with van der Waals surface area (Å²) in [4.78, 5) is 0. The number of halogens is 1. The standard InChI is InChI=1S/C20H16ClO2Si/c1-22-15-7-3-13(4-8-15)19-17(21)11-12-18(24)20(19)14-5-9-16(23-2)10-6-14/h3-12H,1-2H3. The SMILES string of the molecule is COc1ccc(-c2c([Si])ccc(Cl)c2-c2ccc(OC)cc2)cc1. The van der Waals surface area contributed by atoms with Crippen molar-refractivity contribution in [3.8, 4) is 33.8 Å². The van der Waals surface area contributed by atoms with Gasteiger partial charge in [-0.2, -0.15) is 0 Å². The molecule has 3 aromatic carbocycles. The third-order valence-electron chi connectivity index (χ3n) is 3.91. The van der Waals surface area contributed by atoms with Crippen LogP contribution in [0, 0.1) is 0 Å². The van der Waals surface area contributed by atoms with Crippen molar-refractivity contribution in [1.82, 2.24) is 0 Å². The highest BCUT2D eigenvalue weighted by atomic mass is 35.5. The second kappa shape index (κ2) is 7.12. The van der Waals surface area contributed by atoms with Crippen LogP contribution in [0.4, 0.5) is 0 Å². The molecule has 24 heavy (non-hydrogen) atoms. The highest BCUT2D eigenvalue weighted by molar-refractivity contribution is 6.40. The fraction of sp³-hybridized carbons (Fsp3) is 0.100. The summed E-state index contributed by atoms with van der Waals surface area (Å²) in [7, 11) is 7.04. The van der Waals surface area contributed by atoms with Gasteiger partial charge >= 0.3 is 0 Å². The van der Waals surface area contributed by atoms with Gasteiger partial charge in [0.25, 0.3) is 0 Å². The molecule has 0 aliphatic carbocycles. The smallest absolute Gasteiger partial charge is 0.118 e. The van der Waals surface area contributed by atoms with Gasteiger partial charge in [-0.15, -0.1) is 0 Å². The van der Waals surface area contributed by atoms with E-state index in [0.29, 0.717) is 5.02 Å². The Hall–Kier alpha value is -2.23. The second-order valence-electron chi connectivity index (χ2n) is 5.30. The van der Waals surface area contributed by atoms with Gasteiger partial charge in [-0.25, -0.2) is 0 Å². The molecule has 0 saturated heterocycles. The molecule has 0 saturated carbocycles. The van der Waals surface area contributed by atoms with Crippen LogP contribution in [0.15, 0.2) is 60.7 Å². The average Bonchev–Trinajstić information content (AvgIpc) is 2.63. The van der Waals surface area contributed by atoms with Crippen molar-refractivity contribution in [2.24, 2.45) is 0 Å². The first kappa shape index (κ1) is 16.6. The molecule has 0 aromatic heterocycles. The number of benzene rings is 3. The quantitative estimate of drug-likeness (QED) is 0.645. The number of hydrogen-bond acceptors (Lipinski definition) is 2.